The highest BCUT2D eigenvalue weighted by Crippen LogP contribution is 2.26. The van der Waals surface area contributed by atoms with Crippen molar-refractivity contribution in [2.24, 2.45) is 0 Å². The molecule has 3 N–H and O–H groups in total. The van der Waals surface area contributed by atoms with Gasteiger partial charge in [-0.2, -0.15) is 0 Å². The number of hydrogen-bond acceptors (Lipinski definition) is 7. The van der Waals surface area contributed by atoms with Crippen LogP contribution in [0, 0.1) is 0 Å². The molecule has 9 heteroatoms. The van der Waals surface area contributed by atoms with Crippen LogP contribution >= 0.6 is 11.8 Å². The molecule has 8 nitrogen and oxygen atoms in total. The number of phenolic OH excluding ortho intramolecular Hbond substituents is 1. The molecule has 0 radical (unpaired) electrons. The van der Waals surface area contributed by atoms with Crippen molar-refractivity contribution >= 4 is 46.3 Å². The standard InChI is InChI=1S/C30H22N2O6S/c33-23-11-8-20-15-21(30(36)38-27(20)16-23)18-39-25-12-9-22(10-13-25)31-29(35)26(17-24-7-4-14-37-24)32-28(34)19-5-2-1-3-6-19/h1-17,33H,18H2,(H,31,35)(H,32,34)/b26-17-. The van der Waals surface area contributed by atoms with Gasteiger partial charge in [0.05, 0.1) is 6.26 Å². The van der Waals surface area contributed by atoms with Gasteiger partial charge < -0.3 is 24.6 Å². The number of carbonyl (C=O) groups is 2. The number of carbonyl (C=O) groups excluding carboxylic acids is 2. The number of nitrogens with one attached hydrogen (secondary N) is 2. The summed E-state index contributed by atoms with van der Waals surface area (Å²) in [7, 11) is 0. The molecule has 0 atom stereocenters. The number of furan rings is 1. The van der Waals surface area contributed by atoms with E-state index in [4.69, 9.17) is 8.83 Å². The lowest BCUT2D eigenvalue weighted by molar-refractivity contribution is -0.113. The van der Waals surface area contributed by atoms with Crippen molar-refractivity contribution < 1.29 is 23.5 Å². The average Bonchev–Trinajstić information content (AvgIpc) is 3.46. The molecule has 0 fully saturated rings. The average molecular weight is 539 g/mol. The molecular formula is C30H22N2O6S. The number of aromatic hydroxyl groups is 1. The highest BCUT2D eigenvalue weighted by atomic mass is 32.2. The monoisotopic (exact) mass is 538 g/mol. The Balaban J connectivity index is 1.26. The zero-order chi connectivity index (χ0) is 27.2. The van der Waals surface area contributed by atoms with Crippen LogP contribution < -0.4 is 16.3 Å². The summed E-state index contributed by atoms with van der Waals surface area (Å²) >= 11 is 1.44. The van der Waals surface area contributed by atoms with E-state index in [1.807, 2.05) is 12.1 Å². The van der Waals surface area contributed by atoms with Crippen LogP contribution in [-0.4, -0.2) is 16.9 Å². The molecule has 5 aromatic rings. The molecule has 0 saturated heterocycles. The lowest BCUT2D eigenvalue weighted by atomic mass is 10.2. The Labute approximate surface area is 227 Å². The summed E-state index contributed by atoms with van der Waals surface area (Å²) in [5.41, 5.74) is 1.32. The minimum atomic E-state index is -0.518. The predicted octanol–water partition coefficient (Wildman–Crippen LogP) is 5.79. The van der Waals surface area contributed by atoms with Gasteiger partial charge >= 0.3 is 5.63 Å². The maximum absolute atomic E-state index is 13.1. The van der Waals surface area contributed by atoms with Crippen LogP contribution in [0.4, 0.5) is 5.69 Å². The highest BCUT2D eigenvalue weighted by Gasteiger charge is 2.16. The van der Waals surface area contributed by atoms with Gasteiger partial charge in [0.25, 0.3) is 11.8 Å². The second kappa shape index (κ2) is 11.6. The quantitative estimate of drug-likeness (QED) is 0.130. The van der Waals surface area contributed by atoms with Gasteiger partial charge in [-0.25, -0.2) is 4.79 Å². The largest absolute Gasteiger partial charge is 0.508 e. The summed E-state index contributed by atoms with van der Waals surface area (Å²) in [6.45, 7) is 0. The fourth-order valence-corrected chi connectivity index (χ4v) is 4.55. The van der Waals surface area contributed by atoms with Gasteiger partial charge in [-0.1, -0.05) is 18.2 Å². The Hall–Kier alpha value is -5.02. The molecule has 0 aliphatic carbocycles. The summed E-state index contributed by atoms with van der Waals surface area (Å²) in [5.74, 6) is -0.120. The van der Waals surface area contributed by atoms with E-state index in [2.05, 4.69) is 10.6 Å². The van der Waals surface area contributed by atoms with Crippen LogP contribution in [0.15, 0.2) is 121 Å². The molecule has 0 saturated carbocycles. The van der Waals surface area contributed by atoms with Crippen molar-refractivity contribution in [2.75, 3.05) is 5.32 Å². The molecule has 0 spiro atoms. The number of benzene rings is 3. The van der Waals surface area contributed by atoms with E-state index >= 15 is 0 Å². The van der Waals surface area contributed by atoms with E-state index in [0.717, 1.165) is 10.3 Å². The normalized spacial score (nSPS) is 11.3. The molecule has 0 aliphatic heterocycles. The Bertz CT molecular complexity index is 1710. The lowest BCUT2D eigenvalue weighted by Gasteiger charge is -2.11. The predicted molar refractivity (Wildman–Crippen MR) is 149 cm³/mol. The smallest absolute Gasteiger partial charge is 0.340 e. The van der Waals surface area contributed by atoms with Crippen LogP contribution in [0.3, 0.4) is 0 Å². The molecular weight excluding hydrogens is 516 g/mol. The number of thioether (sulfide) groups is 1. The molecule has 2 heterocycles. The van der Waals surface area contributed by atoms with Crippen molar-refractivity contribution in [2.45, 2.75) is 10.6 Å². The van der Waals surface area contributed by atoms with Crippen molar-refractivity contribution in [1.29, 1.82) is 0 Å². The van der Waals surface area contributed by atoms with Crippen LogP contribution in [0.2, 0.25) is 0 Å². The second-order valence-electron chi connectivity index (χ2n) is 8.44. The van der Waals surface area contributed by atoms with E-state index in [9.17, 15) is 19.5 Å². The first-order valence-electron chi connectivity index (χ1n) is 11.9. The molecule has 0 bridgehead atoms. The molecule has 0 unspecified atom stereocenters. The summed E-state index contributed by atoms with van der Waals surface area (Å²) in [5, 5.41) is 15.7. The van der Waals surface area contributed by atoms with Crippen molar-refractivity contribution in [3.63, 3.8) is 0 Å². The number of fused-ring (bicyclic) bond motifs is 1. The second-order valence-corrected chi connectivity index (χ2v) is 9.49. The van der Waals surface area contributed by atoms with E-state index in [0.29, 0.717) is 33.9 Å². The topological polar surface area (TPSA) is 122 Å². The number of phenols is 1. The van der Waals surface area contributed by atoms with Gasteiger partial charge in [0.1, 0.15) is 22.8 Å². The Morgan fingerprint density at radius 1 is 0.923 bits per heavy atom. The summed E-state index contributed by atoms with van der Waals surface area (Å²) in [4.78, 5) is 39.0. The van der Waals surface area contributed by atoms with Crippen LogP contribution in [0.5, 0.6) is 5.75 Å². The van der Waals surface area contributed by atoms with Crippen LogP contribution in [0.1, 0.15) is 21.7 Å². The van der Waals surface area contributed by atoms with Gasteiger partial charge in [0.15, 0.2) is 0 Å². The van der Waals surface area contributed by atoms with Gasteiger partial charge in [0, 0.05) is 45.0 Å². The first-order valence-corrected chi connectivity index (χ1v) is 12.8. The summed E-state index contributed by atoms with van der Waals surface area (Å²) in [6.07, 6.45) is 2.93. The van der Waals surface area contributed by atoms with Crippen LogP contribution in [-0.2, 0) is 10.5 Å². The molecule has 2 amide bonds. The molecule has 39 heavy (non-hydrogen) atoms. The summed E-state index contributed by atoms with van der Waals surface area (Å²) in [6, 6.07) is 25.4. The van der Waals surface area contributed by atoms with E-state index in [1.165, 1.54) is 36.2 Å². The molecule has 3 aromatic carbocycles. The molecule has 0 aliphatic rings. The minimum Gasteiger partial charge on any atom is -0.508 e. The van der Waals surface area contributed by atoms with E-state index in [-0.39, 0.29) is 11.4 Å². The van der Waals surface area contributed by atoms with E-state index in [1.54, 1.807) is 66.7 Å². The number of hydrogen-bond donors (Lipinski definition) is 3. The number of anilines is 1. The van der Waals surface area contributed by atoms with Gasteiger partial charge in [0.2, 0.25) is 0 Å². The molecule has 194 valence electrons. The fraction of sp³-hybridized carbons (Fsp3) is 0.0333. The zero-order valence-corrected chi connectivity index (χ0v) is 21.2. The maximum atomic E-state index is 13.1. The van der Waals surface area contributed by atoms with E-state index < -0.39 is 17.4 Å². The van der Waals surface area contributed by atoms with Crippen molar-refractivity contribution in [3.8, 4) is 5.75 Å². The third kappa shape index (κ3) is 6.46. The van der Waals surface area contributed by atoms with Gasteiger partial charge in [-0.3, -0.25) is 9.59 Å². The molecule has 2 aromatic heterocycles. The van der Waals surface area contributed by atoms with Gasteiger partial charge in [-0.05, 0) is 66.7 Å². The van der Waals surface area contributed by atoms with Crippen LogP contribution in [0.25, 0.3) is 17.0 Å². The Morgan fingerprint density at radius 2 is 1.72 bits per heavy atom. The minimum absolute atomic E-state index is 0.0219. The lowest BCUT2D eigenvalue weighted by Crippen LogP contribution is -2.30. The first-order chi connectivity index (χ1) is 18.9. The number of rotatable bonds is 8. The number of amides is 2. The maximum Gasteiger partial charge on any atom is 0.340 e. The fourth-order valence-electron chi connectivity index (χ4n) is 3.70. The first kappa shape index (κ1) is 25.6. The Morgan fingerprint density at radius 3 is 2.46 bits per heavy atom. The third-order valence-corrected chi connectivity index (χ3v) is 6.72. The van der Waals surface area contributed by atoms with Crippen molar-refractivity contribution in [1.82, 2.24) is 5.32 Å². The van der Waals surface area contributed by atoms with Crippen molar-refractivity contribution in [3.05, 3.63) is 130 Å². The molecule has 5 rings (SSSR count). The Kier molecular flexibility index (Phi) is 7.60. The van der Waals surface area contributed by atoms with Gasteiger partial charge in [-0.15, -0.1) is 11.8 Å². The highest BCUT2D eigenvalue weighted by molar-refractivity contribution is 7.98. The third-order valence-electron chi connectivity index (χ3n) is 5.66. The SMILES string of the molecule is O=C(Nc1ccc(SCc2cc3ccc(O)cc3oc2=O)cc1)/C(=C/c1ccco1)NC(=O)c1ccccc1. The summed E-state index contributed by atoms with van der Waals surface area (Å²) < 4.78 is 10.6. The zero-order valence-electron chi connectivity index (χ0n) is 20.4.